The molecule has 2 heterocycles. The van der Waals surface area contributed by atoms with Gasteiger partial charge in [-0.1, -0.05) is 0 Å². The summed E-state index contributed by atoms with van der Waals surface area (Å²) >= 11 is 0. The lowest BCUT2D eigenvalue weighted by Gasteiger charge is -2.10. The summed E-state index contributed by atoms with van der Waals surface area (Å²) in [5.74, 6) is 0.627. The molecule has 2 aromatic heterocycles. The second kappa shape index (κ2) is 5.37. The summed E-state index contributed by atoms with van der Waals surface area (Å²) in [5, 5.41) is 0. The highest BCUT2D eigenvalue weighted by Gasteiger charge is 2.23. The minimum absolute atomic E-state index is 0.0319. The van der Waals surface area contributed by atoms with Crippen molar-refractivity contribution in [3.8, 4) is 0 Å². The lowest BCUT2D eigenvalue weighted by atomic mass is 10.3. The number of aromatic nitrogens is 2. The van der Waals surface area contributed by atoms with Gasteiger partial charge < -0.3 is 18.3 Å². The van der Waals surface area contributed by atoms with Crippen molar-refractivity contribution in [1.82, 2.24) is 9.97 Å². The van der Waals surface area contributed by atoms with Crippen molar-refractivity contribution in [2.45, 2.75) is 6.10 Å². The van der Waals surface area contributed by atoms with Gasteiger partial charge in [-0.3, -0.25) is 4.79 Å². The van der Waals surface area contributed by atoms with Crippen LogP contribution in [-0.2, 0) is 9.47 Å². The van der Waals surface area contributed by atoms with Gasteiger partial charge in [0, 0.05) is 7.11 Å². The van der Waals surface area contributed by atoms with Crippen LogP contribution in [0.15, 0.2) is 27.7 Å². The Labute approximate surface area is 96.4 Å². The van der Waals surface area contributed by atoms with Crippen LogP contribution in [0.5, 0.6) is 0 Å². The average Bonchev–Trinajstić information content (AvgIpc) is 3.00. The molecule has 0 aliphatic carbocycles. The molecule has 0 N–H and O–H groups in total. The highest BCUT2D eigenvalue weighted by atomic mass is 16.7. The van der Waals surface area contributed by atoms with E-state index < -0.39 is 6.10 Å². The molecular formula is C10H10N2O5. The zero-order valence-corrected chi connectivity index (χ0v) is 9.03. The summed E-state index contributed by atoms with van der Waals surface area (Å²) in [6, 6.07) is 0. The summed E-state index contributed by atoms with van der Waals surface area (Å²) in [4.78, 5) is 18.2. The summed E-state index contributed by atoms with van der Waals surface area (Å²) in [7, 11) is 1.49. The van der Waals surface area contributed by atoms with Crippen LogP contribution >= 0.6 is 0 Å². The first-order chi connectivity index (χ1) is 8.35. The summed E-state index contributed by atoms with van der Waals surface area (Å²) in [6.45, 7) is 0.0319. The second-order valence-corrected chi connectivity index (χ2v) is 3.09. The summed E-state index contributed by atoms with van der Waals surface area (Å²) in [5.41, 5.74) is 0.186. The number of hydrogen-bond acceptors (Lipinski definition) is 7. The molecule has 0 radical (unpaired) electrons. The third kappa shape index (κ3) is 2.58. The molecule has 0 bridgehead atoms. The van der Waals surface area contributed by atoms with Gasteiger partial charge in [0.15, 0.2) is 24.5 Å². The van der Waals surface area contributed by atoms with E-state index in [1.165, 1.54) is 26.0 Å². The van der Waals surface area contributed by atoms with Gasteiger partial charge in [0.05, 0.1) is 6.20 Å². The fourth-order valence-corrected chi connectivity index (χ4v) is 1.24. The van der Waals surface area contributed by atoms with Gasteiger partial charge in [-0.2, -0.15) is 0 Å². The Morgan fingerprint density at radius 2 is 2.41 bits per heavy atom. The molecule has 0 unspecified atom stereocenters. The molecular weight excluding hydrogens is 228 g/mol. The maximum atomic E-state index is 10.5. The Morgan fingerprint density at radius 1 is 1.53 bits per heavy atom. The van der Waals surface area contributed by atoms with E-state index in [-0.39, 0.29) is 18.4 Å². The molecule has 0 amide bonds. The van der Waals surface area contributed by atoms with E-state index in [1.54, 1.807) is 0 Å². The first kappa shape index (κ1) is 11.5. The van der Waals surface area contributed by atoms with E-state index in [4.69, 9.17) is 18.3 Å². The number of carbonyl (C=O) groups excluding carboxylic acids is 1. The van der Waals surface area contributed by atoms with Crippen molar-refractivity contribution < 1.29 is 23.1 Å². The number of nitrogens with zero attached hydrogens (tertiary/aromatic N) is 2. The van der Waals surface area contributed by atoms with Gasteiger partial charge in [-0.05, 0) is 0 Å². The molecule has 90 valence electrons. The van der Waals surface area contributed by atoms with Crippen molar-refractivity contribution >= 4 is 6.29 Å². The second-order valence-electron chi connectivity index (χ2n) is 3.09. The van der Waals surface area contributed by atoms with Crippen molar-refractivity contribution in [3.05, 3.63) is 36.2 Å². The predicted octanol–water partition coefficient (Wildman–Crippen LogP) is 1.19. The van der Waals surface area contributed by atoms with E-state index in [1.807, 2.05) is 0 Å². The van der Waals surface area contributed by atoms with Crippen LogP contribution in [-0.4, -0.2) is 30.2 Å². The Morgan fingerprint density at radius 3 is 3.00 bits per heavy atom. The highest BCUT2D eigenvalue weighted by molar-refractivity contribution is 5.70. The smallest absolute Gasteiger partial charge is 0.232 e. The fraction of sp³-hybridized carbons (Fsp3) is 0.300. The average molecular weight is 238 g/mol. The predicted molar refractivity (Wildman–Crippen MR) is 53.2 cm³/mol. The first-order valence-electron chi connectivity index (χ1n) is 4.74. The van der Waals surface area contributed by atoms with Crippen LogP contribution < -0.4 is 0 Å². The number of hydrogen-bond donors (Lipinski definition) is 0. The third-order valence-corrected chi connectivity index (χ3v) is 1.95. The SMILES string of the molecule is COCO[C@@H](c1cnco1)c1nc(C=O)co1. The molecule has 0 saturated heterocycles. The van der Waals surface area contributed by atoms with Gasteiger partial charge >= 0.3 is 0 Å². The van der Waals surface area contributed by atoms with Gasteiger partial charge in [0.2, 0.25) is 5.89 Å². The summed E-state index contributed by atoms with van der Waals surface area (Å²) in [6.07, 6.45) is 3.88. The summed E-state index contributed by atoms with van der Waals surface area (Å²) < 4.78 is 20.4. The number of oxazole rings is 2. The molecule has 0 spiro atoms. The van der Waals surface area contributed by atoms with E-state index in [9.17, 15) is 4.79 Å². The molecule has 0 fully saturated rings. The lowest BCUT2D eigenvalue weighted by Crippen LogP contribution is -2.08. The normalized spacial score (nSPS) is 12.5. The molecule has 1 atom stereocenters. The Kier molecular flexibility index (Phi) is 3.63. The topological polar surface area (TPSA) is 87.6 Å². The van der Waals surface area contributed by atoms with E-state index in [0.29, 0.717) is 12.0 Å². The lowest BCUT2D eigenvalue weighted by molar-refractivity contribution is -0.0726. The van der Waals surface area contributed by atoms with Crippen LogP contribution in [0.1, 0.15) is 28.2 Å². The van der Waals surface area contributed by atoms with Gasteiger partial charge in [-0.15, -0.1) is 0 Å². The number of rotatable bonds is 6. The van der Waals surface area contributed by atoms with Gasteiger partial charge in [-0.25, -0.2) is 9.97 Å². The van der Waals surface area contributed by atoms with E-state index in [0.717, 1.165) is 0 Å². The van der Waals surface area contributed by atoms with Crippen molar-refractivity contribution in [3.63, 3.8) is 0 Å². The zero-order valence-electron chi connectivity index (χ0n) is 9.03. The minimum Gasteiger partial charge on any atom is -0.445 e. The van der Waals surface area contributed by atoms with E-state index in [2.05, 4.69) is 9.97 Å². The Balaban J connectivity index is 2.23. The maximum absolute atomic E-state index is 10.5. The third-order valence-electron chi connectivity index (χ3n) is 1.95. The zero-order chi connectivity index (χ0) is 12.1. The maximum Gasteiger partial charge on any atom is 0.232 e. The van der Waals surface area contributed by atoms with E-state index >= 15 is 0 Å². The van der Waals surface area contributed by atoms with Crippen molar-refractivity contribution in [2.24, 2.45) is 0 Å². The molecule has 0 aliphatic heterocycles. The van der Waals surface area contributed by atoms with Crippen LogP contribution in [0.25, 0.3) is 0 Å². The molecule has 2 rings (SSSR count). The quantitative estimate of drug-likeness (QED) is 0.551. The minimum atomic E-state index is -0.689. The number of carbonyl (C=O) groups is 1. The molecule has 0 aliphatic rings. The molecule has 7 nitrogen and oxygen atoms in total. The fourth-order valence-electron chi connectivity index (χ4n) is 1.24. The first-order valence-corrected chi connectivity index (χ1v) is 4.74. The Bertz CT molecular complexity index is 465. The largest absolute Gasteiger partial charge is 0.445 e. The molecule has 2 aromatic rings. The Hall–Kier alpha value is -1.99. The molecule has 17 heavy (non-hydrogen) atoms. The number of ether oxygens (including phenoxy) is 2. The number of methoxy groups -OCH3 is 1. The van der Waals surface area contributed by atoms with Gasteiger partial charge in [0.25, 0.3) is 0 Å². The standard InChI is InChI=1S/C10H10N2O5/c1-14-6-17-9(8-2-11-5-16-8)10-12-7(3-13)4-15-10/h2-5,9H,6H2,1H3/t9-/m0/s1. The van der Waals surface area contributed by atoms with Crippen LogP contribution in [0, 0.1) is 0 Å². The van der Waals surface area contributed by atoms with Crippen LogP contribution in [0.2, 0.25) is 0 Å². The molecule has 0 saturated carbocycles. The van der Waals surface area contributed by atoms with Crippen LogP contribution in [0.3, 0.4) is 0 Å². The highest BCUT2D eigenvalue weighted by Crippen LogP contribution is 2.24. The molecule has 7 heteroatoms. The van der Waals surface area contributed by atoms with Crippen molar-refractivity contribution in [2.75, 3.05) is 13.9 Å². The molecule has 0 aromatic carbocycles. The van der Waals surface area contributed by atoms with Gasteiger partial charge in [0.1, 0.15) is 18.8 Å². The van der Waals surface area contributed by atoms with Crippen LogP contribution in [0.4, 0.5) is 0 Å². The van der Waals surface area contributed by atoms with Crippen molar-refractivity contribution in [1.29, 1.82) is 0 Å². The number of aldehydes is 1. The monoisotopic (exact) mass is 238 g/mol.